The summed E-state index contributed by atoms with van der Waals surface area (Å²) in [5, 5.41) is 18.8. The van der Waals surface area contributed by atoms with E-state index >= 15 is 0 Å². The molecule has 3 aromatic heterocycles. The van der Waals surface area contributed by atoms with Gasteiger partial charge in [-0.25, -0.2) is 9.78 Å². The summed E-state index contributed by atoms with van der Waals surface area (Å²) in [7, 11) is 1.85. The Morgan fingerprint density at radius 3 is 2.74 bits per heavy atom. The molecule has 1 fully saturated rings. The molecule has 0 spiro atoms. The van der Waals surface area contributed by atoms with Gasteiger partial charge in [0.15, 0.2) is 5.65 Å². The summed E-state index contributed by atoms with van der Waals surface area (Å²) in [5.74, 6) is 0.274. The van der Waals surface area contributed by atoms with Crippen LogP contribution < -0.4 is 5.73 Å². The molecule has 3 N–H and O–H groups in total. The van der Waals surface area contributed by atoms with Gasteiger partial charge < -0.3 is 20.5 Å². The summed E-state index contributed by atoms with van der Waals surface area (Å²) < 4.78 is 8.87. The van der Waals surface area contributed by atoms with E-state index in [0.29, 0.717) is 18.0 Å². The number of piperidine rings is 1. The Labute approximate surface area is 180 Å². The highest BCUT2D eigenvalue weighted by Gasteiger charge is 2.38. The first-order valence-electron chi connectivity index (χ1n) is 10.4. The first kappa shape index (κ1) is 21.1. The molecular formula is C21H29N7O3. The van der Waals surface area contributed by atoms with Gasteiger partial charge in [0, 0.05) is 42.9 Å². The SMILES string of the molecule is Cn1cc(-c2cnn3c(N)cc(C4CCCN(C(=O)OC(C)(C)C)C4CO)nc23)cn1. The van der Waals surface area contributed by atoms with Crippen molar-refractivity contribution in [1.82, 2.24) is 29.3 Å². The van der Waals surface area contributed by atoms with Gasteiger partial charge in [-0.3, -0.25) is 4.68 Å². The average Bonchev–Trinajstić information content (AvgIpc) is 3.32. The largest absolute Gasteiger partial charge is 0.444 e. The van der Waals surface area contributed by atoms with E-state index in [1.54, 1.807) is 32.6 Å². The smallest absolute Gasteiger partial charge is 0.410 e. The summed E-state index contributed by atoms with van der Waals surface area (Å²) in [4.78, 5) is 19.2. The molecule has 0 aliphatic carbocycles. The van der Waals surface area contributed by atoms with E-state index in [-0.39, 0.29) is 12.5 Å². The number of fused-ring (bicyclic) bond motifs is 1. The van der Waals surface area contributed by atoms with Crippen LogP contribution in [0, 0.1) is 0 Å². The second kappa shape index (κ2) is 7.84. The first-order chi connectivity index (χ1) is 14.7. The molecule has 1 aliphatic heterocycles. The lowest BCUT2D eigenvalue weighted by Gasteiger charge is -2.40. The zero-order valence-electron chi connectivity index (χ0n) is 18.3. The fourth-order valence-electron chi connectivity index (χ4n) is 4.13. The van der Waals surface area contributed by atoms with E-state index in [0.717, 1.165) is 29.7 Å². The Kier molecular flexibility index (Phi) is 5.34. The van der Waals surface area contributed by atoms with Crippen LogP contribution in [0.3, 0.4) is 0 Å². The van der Waals surface area contributed by atoms with Gasteiger partial charge in [-0.05, 0) is 33.6 Å². The summed E-state index contributed by atoms with van der Waals surface area (Å²) >= 11 is 0. The van der Waals surface area contributed by atoms with Gasteiger partial charge in [-0.15, -0.1) is 0 Å². The standard InChI is InChI=1S/C21H29N7O3/c1-21(2,3)31-20(30)27-7-5-6-14(17(27)12-29)16-8-18(22)28-19(25-16)15(10-24-28)13-9-23-26(4)11-13/h8-11,14,17,29H,5-7,12,22H2,1-4H3. The van der Waals surface area contributed by atoms with Crippen LogP contribution >= 0.6 is 0 Å². The number of aliphatic hydroxyl groups is 1. The number of aromatic nitrogens is 5. The van der Waals surface area contributed by atoms with E-state index < -0.39 is 17.7 Å². The van der Waals surface area contributed by atoms with Crippen molar-refractivity contribution in [2.45, 2.75) is 51.2 Å². The molecule has 1 aliphatic rings. The highest BCUT2D eigenvalue weighted by atomic mass is 16.6. The number of aliphatic hydroxyl groups excluding tert-OH is 1. The van der Waals surface area contributed by atoms with Crippen molar-refractivity contribution in [3.05, 3.63) is 30.4 Å². The molecule has 0 radical (unpaired) electrons. The molecule has 1 saturated heterocycles. The molecule has 0 aromatic carbocycles. The van der Waals surface area contributed by atoms with E-state index in [4.69, 9.17) is 15.5 Å². The minimum absolute atomic E-state index is 0.171. The van der Waals surface area contributed by atoms with Crippen LogP contribution in [-0.4, -0.2) is 65.3 Å². The Bertz CT molecular complexity index is 1100. The number of ether oxygens (including phenoxy) is 1. The zero-order chi connectivity index (χ0) is 22.3. The number of nitrogens with zero attached hydrogens (tertiary/aromatic N) is 6. The fourth-order valence-corrected chi connectivity index (χ4v) is 4.13. The molecule has 4 heterocycles. The van der Waals surface area contributed by atoms with Crippen molar-refractivity contribution < 1.29 is 14.6 Å². The second-order valence-corrected chi connectivity index (χ2v) is 8.97. The summed E-state index contributed by atoms with van der Waals surface area (Å²) in [6, 6.07) is 1.33. The molecule has 10 heteroatoms. The molecule has 2 atom stereocenters. The highest BCUT2D eigenvalue weighted by molar-refractivity contribution is 5.77. The van der Waals surface area contributed by atoms with Crippen molar-refractivity contribution in [1.29, 1.82) is 0 Å². The summed E-state index contributed by atoms with van der Waals surface area (Å²) in [6.07, 6.45) is 6.50. The van der Waals surface area contributed by atoms with Crippen molar-refractivity contribution in [2.75, 3.05) is 18.9 Å². The summed E-state index contributed by atoms with van der Waals surface area (Å²) in [5.41, 5.74) is 8.74. The fraction of sp³-hybridized carbons (Fsp3) is 0.524. The van der Waals surface area contributed by atoms with Crippen LogP contribution in [-0.2, 0) is 11.8 Å². The molecule has 166 valence electrons. The lowest BCUT2D eigenvalue weighted by Crippen LogP contribution is -2.51. The molecule has 10 nitrogen and oxygen atoms in total. The second-order valence-electron chi connectivity index (χ2n) is 8.97. The molecular weight excluding hydrogens is 398 g/mol. The van der Waals surface area contributed by atoms with Crippen LogP contribution in [0.1, 0.15) is 45.2 Å². The van der Waals surface area contributed by atoms with Gasteiger partial charge in [0.25, 0.3) is 0 Å². The van der Waals surface area contributed by atoms with Crippen LogP contribution in [0.2, 0.25) is 0 Å². The third-order valence-corrected chi connectivity index (χ3v) is 5.51. The molecule has 31 heavy (non-hydrogen) atoms. The summed E-state index contributed by atoms with van der Waals surface area (Å²) in [6.45, 7) is 5.83. The molecule has 4 rings (SSSR count). The monoisotopic (exact) mass is 427 g/mol. The number of amides is 1. The van der Waals surface area contributed by atoms with Crippen molar-refractivity contribution in [3.8, 4) is 11.1 Å². The number of carbonyl (C=O) groups excluding carboxylic acids is 1. The maximum absolute atomic E-state index is 12.8. The topological polar surface area (TPSA) is 124 Å². The lowest BCUT2D eigenvalue weighted by atomic mass is 9.86. The van der Waals surface area contributed by atoms with Gasteiger partial charge in [0.05, 0.1) is 30.7 Å². The minimum Gasteiger partial charge on any atom is -0.444 e. The van der Waals surface area contributed by atoms with Crippen molar-refractivity contribution >= 4 is 17.6 Å². The number of hydrogen-bond acceptors (Lipinski definition) is 7. The quantitative estimate of drug-likeness (QED) is 0.656. The molecule has 0 saturated carbocycles. The zero-order valence-corrected chi connectivity index (χ0v) is 18.3. The Morgan fingerprint density at radius 1 is 1.32 bits per heavy atom. The van der Waals surface area contributed by atoms with E-state index in [1.165, 1.54) is 0 Å². The molecule has 3 aromatic rings. The number of hydrogen-bond donors (Lipinski definition) is 2. The number of likely N-dealkylation sites (tertiary alicyclic amines) is 1. The normalized spacial score (nSPS) is 19.7. The molecule has 2 unspecified atom stereocenters. The number of anilines is 1. The minimum atomic E-state index is -0.609. The van der Waals surface area contributed by atoms with Gasteiger partial charge in [0.1, 0.15) is 11.4 Å². The van der Waals surface area contributed by atoms with Gasteiger partial charge >= 0.3 is 6.09 Å². The number of carbonyl (C=O) groups is 1. The predicted molar refractivity (Wildman–Crippen MR) is 115 cm³/mol. The lowest BCUT2D eigenvalue weighted by molar-refractivity contribution is -0.00300. The maximum atomic E-state index is 12.8. The predicted octanol–water partition coefficient (Wildman–Crippen LogP) is 2.19. The maximum Gasteiger partial charge on any atom is 0.410 e. The Morgan fingerprint density at radius 2 is 2.10 bits per heavy atom. The van der Waals surface area contributed by atoms with Gasteiger partial charge in [-0.2, -0.15) is 14.7 Å². The van der Waals surface area contributed by atoms with Gasteiger partial charge in [-0.1, -0.05) is 0 Å². The third-order valence-electron chi connectivity index (χ3n) is 5.51. The van der Waals surface area contributed by atoms with Crippen LogP contribution in [0.15, 0.2) is 24.7 Å². The van der Waals surface area contributed by atoms with E-state index in [1.807, 2.05) is 34.0 Å². The van der Waals surface area contributed by atoms with Crippen LogP contribution in [0.4, 0.5) is 10.6 Å². The van der Waals surface area contributed by atoms with Crippen LogP contribution in [0.25, 0.3) is 16.8 Å². The van der Waals surface area contributed by atoms with E-state index in [9.17, 15) is 9.90 Å². The average molecular weight is 428 g/mol. The Balaban J connectivity index is 1.72. The Hall–Kier alpha value is -3.14. The highest BCUT2D eigenvalue weighted by Crippen LogP contribution is 2.35. The van der Waals surface area contributed by atoms with E-state index in [2.05, 4.69) is 10.2 Å². The number of aryl methyl sites for hydroxylation is 1. The third kappa shape index (κ3) is 4.07. The number of nitrogens with two attached hydrogens (primary N) is 1. The molecule has 0 bridgehead atoms. The number of rotatable bonds is 3. The number of nitrogen functional groups attached to an aromatic ring is 1. The van der Waals surface area contributed by atoms with Crippen LogP contribution in [0.5, 0.6) is 0 Å². The van der Waals surface area contributed by atoms with Gasteiger partial charge in [0.2, 0.25) is 0 Å². The van der Waals surface area contributed by atoms with Crippen molar-refractivity contribution in [3.63, 3.8) is 0 Å². The van der Waals surface area contributed by atoms with Crippen molar-refractivity contribution in [2.24, 2.45) is 7.05 Å². The molecule has 1 amide bonds. The first-order valence-corrected chi connectivity index (χ1v) is 10.4.